The molecule has 7 nitrogen and oxygen atoms in total. The summed E-state index contributed by atoms with van der Waals surface area (Å²) >= 11 is 6.55. The highest BCUT2D eigenvalue weighted by Gasteiger charge is 2.16. The number of halogens is 1. The highest BCUT2D eigenvalue weighted by atomic mass is 35.5. The summed E-state index contributed by atoms with van der Waals surface area (Å²) in [5.41, 5.74) is 5.47. The number of likely N-dealkylation sites (N-methyl/N-ethyl adjacent to an activating group) is 1. The molecular formula is C27H26ClN6O+. The number of hydrogen-bond donors (Lipinski definition) is 2. The van der Waals surface area contributed by atoms with E-state index in [-0.39, 0.29) is 5.91 Å². The number of hydrogen-bond acceptors (Lipinski definition) is 4. The van der Waals surface area contributed by atoms with Crippen LogP contribution in [0, 0.1) is 11.8 Å². The van der Waals surface area contributed by atoms with Gasteiger partial charge in [0.05, 0.1) is 6.33 Å². The number of piperazine rings is 1. The van der Waals surface area contributed by atoms with Gasteiger partial charge in [-0.1, -0.05) is 35.6 Å². The molecule has 176 valence electrons. The minimum Gasteiger partial charge on any atom is -0.340 e. The zero-order chi connectivity index (χ0) is 24.2. The molecule has 0 bridgehead atoms. The lowest BCUT2D eigenvalue weighted by Gasteiger charge is -2.32. The van der Waals surface area contributed by atoms with Gasteiger partial charge in [-0.25, -0.2) is 9.97 Å². The maximum absolute atomic E-state index is 12.9. The Balaban J connectivity index is 1.26. The van der Waals surface area contributed by atoms with Gasteiger partial charge in [-0.3, -0.25) is 9.69 Å². The van der Waals surface area contributed by atoms with Crippen LogP contribution in [0.15, 0.2) is 61.2 Å². The van der Waals surface area contributed by atoms with Gasteiger partial charge in [0, 0.05) is 54.6 Å². The van der Waals surface area contributed by atoms with Gasteiger partial charge in [0.1, 0.15) is 16.6 Å². The highest BCUT2D eigenvalue weighted by molar-refractivity contribution is 6.31. The first-order valence-corrected chi connectivity index (χ1v) is 11.9. The molecule has 1 aliphatic rings. The number of carbonyl (C=O) groups excluding carboxylic acids is 1. The van der Waals surface area contributed by atoms with Crippen LogP contribution in [0.3, 0.4) is 0 Å². The van der Waals surface area contributed by atoms with E-state index in [9.17, 15) is 4.79 Å². The van der Waals surface area contributed by atoms with Gasteiger partial charge in [0.15, 0.2) is 12.4 Å². The molecule has 2 aromatic heterocycles. The topological polar surface area (TPSA) is 78.4 Å². The van der Waals surface area contributed by atoms with Gasteiger partial charge in [-0.2, -0.15) is 0 Å². The van der Waals surface area contributed by atoms with E-state index in [4.69, 9.17) is 11.6 Å². The number of nitrogens with one attached hydrogen (secondary N) is 3. The summed E-state index contributed by atoms with van der Waals surface area (Å²) < 4.78 is 0. The molecule has 1 fully saturated rings. The molecule has 3 heterocycles. The summed E-state index contributed by atoms with van der Waals surface area (Å²) in [5.74, 6) is 6.05. The summed E-state index contributed by atoms with van der Waals surface area (Å²) in [6, 6.07) is 13.0. The molecular weight excluding hydrogens is 460 g/mol. The van der Waals surface area contributed by atoms with Crippen LogP contribution in [-0.4, -0.2) is 58.9 Å². The van der Waals surface area contributed by atoms with Gasteiger partial charge in [0.2, 0.25) is 0 Å². The third-order valence-electron chi connectivity index (χ3n) is 6.15. The van der Waals surface area contributed by atoms with Gasteiger partial charge in [-0.05, 0) is 42.9 Å². The molecule has 1 aliphatic heterocycles. The predicted octanol–water partition coefficient (Wildman–Crippen LogP) is 3.43. The Bertz CT molecular complexity index is 1430. The maximum Gasteiger partial charge on any atom is 0.255 e. The van der Waals surface area contributed by atoms with Crippen LogP contribution in [0.25, 0.3) is 11.0 Å². The Kier molecular flexibility index (Phi) is 6.77. The molecule has 4 aromatic rings. The summed E-state index contributed by atoms with van der Waals surface area (Å²) in [5, 5.41) is 3.60. The lowest BCUT2D eigenvalue weighted by Crippen LogP contribution is -2.43. The lowest BCUT2D eigenvalue weighted by atomic mass is 10.1. The lowest BCUT2D eigenvalue weighted by molar-refractivity contribution is -0.376. The van der Waals surface area contributed by atoms with Crippen molar-refractivity contribution in [3.05, 3.63) is 88.5 Å². The first kappa shape index (κ1) is 23.1. The molecule has 0 saturated carbocycles. The van der Waals surface area contributed by atoms with Crippen LogP contribution >= 0.6 is 11.6 Å². The monoisotopic (exact) mass is 485 g/mol. The fraction of sp³-hybridized carbons (Fsp3) is 0.222. The average Bonchev–Trinajstić information content (AvgIpc) is 3.35. The van der Waals surface area contributed by atoms with Gasteiger partial charge >= 0.3 is 0 Å². The predicted molar refractivity (Wildman–Crippen MR) is 137 cm³/mol. The van der Waals surface area contributed by atoms with E-state index in [2.05, 4.69) is 49.0 Å². The zero-order valence-electron chi connectivity index (χ0n) is 19.4. The molecule has 0 atom stereocenters. The summed E-state index contributed by atoms with van der Waals surface area (Å²) in [6.07, 6.45) is 5.29. The van der Waals surface area contributed by atoms with E-state index in [0.717, 1.165) is 60.4 Å². The van der Waals surface area contributed by atoms with Gasteiger partial charge in [0.25, 0.3) is 5.91 Å². The van der Waals surface area contributed by atoms with Crippen LogP contribution in [0.2, 0.25) is 5.02 Å². The molecule has 3 N–H and O–H groups in total. The quantitative estimate of drug-likeness (QED) is 0.434. The second kappa shape index (κ2) is 10.3. The molecule has 0 radical (unpaired) electrons. The standard InChI is InChI=1S/C27H25ClN6O/c1-33-9-11-34(12-10-33)17-22-7-8-23(14-24(22)28)32-27(35)20-4-2-3-19(13-20)5-6-21-15-29-16-25-26(21)31-18-30-25/h2-4,7-8,13-16,18H,9-12,17H2,1H3,(H,30,31)(H,32,35)/p+1. The van der Waals surface area contributed by atoms with E-state index in [1.807, 2.05) is 42.7 Å². The summed E-state index contributed by atoms with van der Waals surface area (Å²) in [4.78, 5) is 28.1. The van der Waals surface area contributed by atoms with Crippen LogP contribution in [0.1, 0.15) is 27.0 Å². The Hall–Kier alpha value is -3.70. The van der Waals surface area contributed by atoms with E-state index in [1.165, 1.54) is 0 Å². The minimum atomic E-state index is -0.209. The Morgan fingerprint density at radius 1 is 1.14 bits per heavy atom. The first-order chi connectivity index (χ1) is 17.0. The van der Waals surface area contributed by atoms with Crippen LogP contribution in [0.4, 0.5) is 5.69 Å². The molecule has 35 heavy (non-hydrogen) atoms. The van der Waals surface area contributed by atoms with Crippen molar-refractivity contribution in [3.8, 4) is 11.8 Å². The molecule has 1 amide bonds. The molecule has 8 heteroatoms. The smallest absolute Gasteiger partial charge is 0.255 e. The van der Waals surface area contributed by atoms with Crippen molar-refractivity contribution in [1.82, 2.24) is 19.8 Å². The number of amides is 1. The van der Waals surface area contributed by atoms with Gasteiger partial charge in [-0.15, -0.1) is 0 Å². The normalized spacial score (nSPS) is 14.5. The Morgan fingerprint density at radius 2 is 2.00 bits per heavy atom. The molecule has 1 saturated heterocycles. The molecule has 5 rings (SSSR count). The minimum absolute atomic E-state index is 0.209. The SMILES string of the molecule is CN1CCN(Cc2ccc(NC(=O)c3cccc(C#Cc4c[nH+]cc5[nH]cnc45)c3)cc2Cl)CC1. The number of fused-ring (bicyclic) bond motifs is 1. The number of anilines is 1. The van der Waals surface area contributed by atoms with Gasteiger partial charge < -0.3 is 15.2 Å². The number of benzene rings is 2. The Morgan fingerprint density at radius 3 is 2.83 bits per heavy atom. The molecule has 0 aliphatic carbocycles. The Labute approximate surface area is 209 Å². The summed E-state index contributed by atoms with van der Waals surface area (Å²) in [6.45, 7) is 4.99. The van der Waals surface area contributed by atoms with Crippen molar-refractivity contribution < 1.29 is 9.78 Å². The molecule has 0 spiro atoms. The molecule has 2 aromatic carbocycles. The number of aromatic amines is 2. The maximum atomic E-state index is 12.9. The van der Waals surface area contributed by atoms with E-state index < -0.39 is 0 Å². The number of nitrogens with zero attached hydrogens (tertiary/aromatic N) is 3. The number of imidazole rings is 1. The number of H-pyrrole nitrogens is 2. The fourth-order valence-electron chi connectivity index (χ4n) is 4.08. The number of carbonyl (C=O) groups is 1. The third kappa shape index (κ3) is 5.52. The van der Waals surface area contributed by atoms with Crippen LogP contribution in [-0.2, 0) is 6.54 Å². The van der Waals surface area contributed by atoms with Crippen molar-refractivity contribution in [1.29, 1.82) is 0 Å². The largest absolute Gasteiger partial charge is 0.340 e. The number of pyridine rings is 1. The zero-order valence-corrected chi connectivity index (χ0v) is 20.2. The molecule has 0 unspecified atom stereocenters. The van der Waals surface area contributed by atoms with Crippen LogP contribution < -0.4 is 10.3 Å². The van der Waals surface area contributed by atoms with Crippen molar-refractivity contribution >= 4 is 34.2 Å². The third-order valence-corrected chi connectivity index (χ3v) is 6.50. The van der Waals surface area contributed by atoms with E-state index in [0.29, 0.717) is 16.3 Å². The second-order valence-electron chi connectivity index (χ2n) is 8.70. The van der Waals surface area contributed by atoms with E-state index >= 15 is 0 Å². The second-order valence-corrected chi connectivity index (χ2v) is 9.11. The highest BCUT2D eigenvalue weighted by Crippen LogP contribution is 2.23. The van der Waals surface area contributed by atoms with Crippen molar-refractivity contribution in [2.24, 2.45) is 0 Å². The number of rotatable bonds is 4. The fourth-order valence-corrected chi connectivity index (χ4v) is 4.32. The summed E-state index contributed by atoms with van der Waals surface area (Å²) in [7, 11) is 2.14. The average molecular weight is 486 g/mol. The van der Waals surface area contributed by atoms with E-state index in [1.54, 1.807) is 18.5 Å². The van der Waals surface area contributed by atoms with Crippen LogP contribution in [0.5, 0.6) is 0 Å². The first-order valence-electron chi connectivity index (χ1n) is 11.5. The number of aromatic nitrogens is 3. The van der Waals surface area contributed by atoms with Crippen molar-refractivity contribution in [2.45, 2.75) is 6.54 Å². The van der Waals surface area contributed by atoms with Crippen molar-refractivity contribution in [2.75, 3.05) is 38.5 Å². The van der Waals surface area contributed by atoms with Crippen molar-refractivity contribution in [3.63, 3.8) is 0 Å².